The predicted octanol–water partition coefficient (Wildman–Crippen LogP) is 4.07. The van der Waals surface area contributed by atoms with Crippen molar-refractivity contribution in [3.8, 4) is 5.75 Å². The van der Waals surface area contributed by atoms with Crippen molar-refractivity contribution in [2.45, 2.75) is 19.4 Å². The lowest BCUT2D eigenvalue weighted by Crippen LogP contribution is -2.19. The first kappa shape index (κ1) is 8.48. The minimum Gasteiger partial charge on any atom is -0.485 e. The van der Waals surface area contributed by atoms with Crippen LogP contribution in [-0.2, 0) is 0 Å². The number of nitrogens with zero attached hydrogens (tertiary/aromatic N) is 1. The predicted molar refractivity (Wildman–Crippen MR) is 84.2 cm³/mol. The van der Waals surface area contributed by atoms with Gasteiger partial charge in [0.1, 0.15) is 11.9 Å². The van der Waals surface area contributed by atoms with Crippen LogP contribution in [0.5, 0.6) is 5.75 Å². The Morgan fingerprint density at radius 3 is 2.45 bits per heavy atom. The van der Waals surface area contributed by atoms with Gasteiger partial charge in [-0.25, -0.2) is 0 Å². The summed E-state index contributed by atoms with van der Waals surface area (Å²) in [5.74, 6) is 0.690. The van der Waals surface area contributed by atoms with Gasteiger partial charge in [-0.05, 0) is 38.1 Å². The Kier molecular flexibility index (Phi) is 3.01. The molecule has 0 heterocycles. The molecule has 2 heteroatoms. The van der Waals surface area contributed by atoms with Crippen molar-refractivity contribution >= 4 is 0 Å². The molecule has 1 atom stereocenters. The number of hydrogen-bond donors (Lipinski definition) is 0. The number of aryl methyl sites for hydroxylation is 1. The third-order valence-corrected chi connectivity index (χ3v) is 3.15. The number of benzene rings is 2. The molecule has 0 N–H and O–H groups in total. The summed E-state index contributed by atoms with van der Waals surface area (Å²) >= 11 is 0. The lowest BCUT2D eigenvalue weighted by atomic mass is 10.1. The third kappa shape index (κ3) is 4.10. The van der Waals surface area contributed by atoms with Gasteiger partial charge in [-0.15, -0.1) is 0 Å². The molecule has 0 amide bonds. The van der Waals surface area contributed by atoms with Gasteiger partial charge in [0, 0.05) is 21.2 Å². The molecule has 0 saturated heterocycles. The highest BCUT2D eigenvalue weighted by Gasteiger charge is 2.14. The summed E-state index contributed by atoms with van der Waals surface area (Å²) < 4.78 is 51.2. The van der Waals surface area contributed by atoms with Crippen LogP contribution >= 0.6 is 0 Å². The standard InChI is InChI=1S/C18H23NO/c1-15-9-7-8-12-17(15)20-18(13-14-19(2)3)16-10-5-4-6-11-16/h4-12,18H,13-14H2,1-3H3/i2D3,3D3. The second kappa shape index (κ2) is 7.11. The smallest absolute Gasteiger partial charge is 0.125 e. The fraction of sp³-hybridized carbons (Fsp3) is 0.333. The Bertz CT molecular complexity index is 685. The number of rotatable bonds is 6. The average Bonchev–Trinajstić information content (AvgIpc) is 2.54. The van der Waals surface area contributed by atoms with Gasteiger partial charge in [-0.2, -0.15) is 0 Å². The molecular weight excluding hydrogens is 246 g/mol. The lowest BCUT2D eigenvalue weighted by molar-refractivity contribution is 0.178. The van der Waals surface area contributed by atoms with Crippen LogP contribution in [0.1, 0.15) is 31.9 Å². The summed E-state index contributed by atoms with van der Waals surface area (Å²) in [5, 5.41) is 0. The molecule has 106 valence electrons. The molecule has 0 spiro atoms. The van der Waals surface area contributed by atoms with Gasteiger partial charge in [0.25, 0.3) is 0 Å². The molecule has 0 aliphatic carbocycles. The summed E-state index contributed by atoms with van der Waals surface area (Å²) in [6.45, 7) is -3.61. The number of para-hydroxylation sites is 1. The Morgan fingerprint density at radius 1 is 1.05 bits per heavy atom. The Hall–Kier alpha value is -1.80. The highest BCUT2D eigenvalue weighted by molar-refractivity contribution is 5.33. The van der Waals surface area contributed by atoms with E-state index in [1.807, 2.05) is 61.5 Å². The van der Waals surface area contributed by atoms with E-state index in [4.69, 9.17) is 13.0 Å². The summed E-state index contributed by atoms with van der Waals surface area (Å²) in [4.78, 5) is 0.567. The van der Waals surface area contributed by atoms with E-state index in [0.717, 1.165) is 11.1 Å². The van der Waals surface area contributed by atoms with Gasteiger partial charge in [0.05, 0.1) is 0 Å². The molecule has 2 aromatic rings. The van der Waals surface area contributed by atoms with Crippen LogP contribution < -0.4 is 4.74 Å². The quantitative estimate of drug-likeness (QED) is 0.788. The molecule has 2 rings (SSSR count). The van der Waals surface area contributed by atoms with Crippen LogP contribution in [0.15, 0.2) is 54.6 Å². The summed E-state index contributed by atoms with van der Waals surface area (Å²) in [7, 11) is 0. The monoisotopic (exact) mass is 275 g/mol. The van der Waals surface area contributed by atoms with Gasteiger partial charge in [-0.1, -0.05) is 48.5 Å². The van der Waals surface area contributed by atoms with Crippen molar-refractivity contribution in [2.24, 2.45) is 0 Å². The maximum Gasteiger partial charge on any atom is 0.125 e. The molecule has 0 aromatic heterocycles. The van der Waals surface area contributed by atoms with E-state index in [2.05, 4.69) is 0 Å². The minimum absolute atomic E-state index is 0.140. The highest BCUT2D eigenvalue weighted by Crippen LogP contribution is 2.27. The largest absolute Gasteiger partial charge is 0.485 e. The maximum atomic E-state index is 7.51. The van der Waals surface area contributed by atoms with Gasteiger partial charge < -0.3 is 9.64 Å². The van der Waals surface area contributed by atoms with E-state index in [-0.39, 0.29) is 13.0 Å². The molecule has 20 heavy (non-hydrogen) atoms. The average molecular weight is 275 g/mol. The van der Waals surface area contributed by atoms with Crippen LogP contribution in [0.25, 0.3) is 0 Å². The van der Waals surface area contributed by atoms with Crippen LogP contribution in [0.2, 0.25) is 0 Å². The molecule has 2 aromatic carbocycles. The topological polar surface area (TPSA) is 12.5 Å². The molecule has 2 nitrogen and oxygen atoms in total. The first-order chi connectivity index (χ1) is 12.1. The lowest BCUT2D eigenvalue weighted by Gasteiger charge is -2.22. The Labute approximate surface area is 130 Å². The van der Waals surface area contributed by atoms with Crippen LogP contribution in [0.3, 0.4) is 0 Å². The molecule has 0 aliphatic rings. The van der Waals surface area contributed by atoms with Crippen molar-refractivity contribution in [2.75, 3.05) is 20.5 Å². The van der Waals surface area contributed by atoms with Crippen LogP contribution in [0, 0.1) is 6.92 Å². The van der Waals surface area contributed by atoms with Gasteiger partial charge in [-0.3, -0.25) is 0 Å². The van der Waals surface area contributed by atoms with Crippen LogP contribution in [0.4, 0.5) is 0 Å². The van der Waals surface area contributed by atoms with E-state index >= 15 is 0 Å². The van der Waals surface area contributed by atoms with Crippen molar-refractivity contribution in [3.05, 3.63) is 65.7 Å². The van der Waals surface area contributed by atoms with Crippen LogP contribution in [-0.4, -0.2) is 25.4 Å². The fourth-order valence-electron chi connectivity index (χ4n) is 2.05. The number of hydrogen-bond acceptors (Lipinski definition) is 2. The molecule has 0 fully saturated rings. The zero-order chi connectivity index (χ0) is 19.4. The normalized spacial score (nSPS) is 18.1. The summed E-state index contributed by atoms with van der Waals surface area (Å²) in [5.41, 5.74) is 1.82. The third-order valence-electron chi connectivity index (χ3n) is 3.15. The molecule has 0 saturated carbocycles. The summed E-state index contributed by atoms with van der Waals surface area (Å²) in [6, 6.07) is 16.9. The molecule has 0 radical (unpaired) electrons. The highest BCUT2D eigenvalue weighted by atomic mass is 16.5. The van der Waals surface area contributed by atoms with E-state index in [9.17, 15) is 0 Å². The van der Waals surface area contributed by atoms with Gasteiger partial charge in [0.2, 0.25) is 0 Å². The molecule has 1 unspecified atom stereocenters. The zero-order valence-corrected chi connectivity index (χ0v) is 11.5. The summed E-state index contributed by atoms with van der Waals surface area (Å²) in [6.07, 6.45) is -0.223. The SMILES string of the molecule is [2H]C([2H])([2H])N(CCC(Oc1ccccc1C)c1ccccc1)C([2H])([2H])[2H]. The molecule has 0 aliphatic heterocycles. The van der Waals surface area contributed by atoms with E-state index in [1.54, 1.807) is 0 Å². The van der Waals surface area contributed by atoms with Gasteiger partial charge in [0.15, 0.2) is 0 Å². The second-order valence-corrected chi connectivity index (χ2v) is 4.72. The van der Waals surface area contributed by atoms with Crippen molar-refractivity contribution < 1.29 is 13.0 Å². The Morgan fingerprint density at radius 2 is 1.75 bits per heavy atom. The van der Waals surface area contributed by atoms with Crippen molar-refractivity contribution in [1.82, 2.24) is 4.90 Å². The fourth-order valence-corrected chi connectivity index (χ4v) is 2.05. The van der Waals surface area contributed by atoms with E-state index in [0.29, 0.717) is 10.6 Å². The Balaban J connectivity index is 2.23. The van der Waals surface area contributed by atoms with Crippen molar-refractivity contribution in [3.63, 3.8) is 0 Å². The maximum absolute atomic E-state index is 7.51. The van der Waals surface area contributed by atoms with E-state index in [1.165, 1.54) is 0 Å². The molecule has 0 bridgehead atoms. The minimum atomic E-state index is -2.70. The first-order valence-corrected chi connectivity index (χ1v) is 6.64. The number of ether oxygens (including phenoxy) is 1. The zero-order valence-electron chi connectivity index (χ0n) is 17.5. The molecular formula is C18H23NO. The van der Waals surface area contributed by atoms with E-state index < -0.39 is 20.1 Å². The first-order valence-electron chi connectivity index (χ1n) is 9.64. The second-order valence-electron chi connectivity index (χ2n) is 4.72. The van der Waals surface area contributed by atoms with Gasteiger partial charge >= 0.3 is 0 Å². The van der Waals surface area contributed by atoms with Crippen molar-refractivity contribution in [1.29, 1.82) is 0 Å².